The summed E-state index contributed by atoms with van der Waals surface area (Å²) < 4.78 is 0. The monoisotopic (exact) mass is 302 g/mol. The van der Waals surface area contributed by atoms with Crippen LogP contribution < -0.4 is 4.90 Å². The summed E-state index contributed by atoms with van der Waals surface area (Å²) in [6, 6.07) is 2.50. The lowest BCUT2D eigenvalue weighted by Crippen LogP contribution is -2.43. The zero-order valence-corrected chi connectivity index (χ0v) is 13.7. The van der Waals surface area contributed by atoms with Gasteiger partial charge in [0.15, 0.2) is 0 Å². The van der Waals surface area contributed by atoms with Crippen LogP contribution in [0.15, 0.2) is 18.6 Å². The molecule has 3 rings (SSSR count). The number of aliphatic hydroxyl groups is 1. The fourth-order valence-corrected chi connectivity index (χ4v) is 3.83. The molecular formula is C17H26N4O. The van der Waals surface area contributed by atoms with Crippen LogP contribution in [0, 0.1) is 17.8 Å². The molecule has 1 aliphatic rings. The first-order chi connectivity index (χ1) is 10.6. The molecule has 2 aromatic heterocycles. The van der Waals surface area contributed by atoms with Crippen LogP contribution in [-0.4, -0.2) is 39.8 Å². The first-order valence-corrected chi connectivity index (χ1v) is 8.23. The van der Waals surface area contributed by atoms with Crippen LogP contribution >= 0.6 is 0 Å². The lowest BCUT2D eigenvalue weighted by atomic mass is 9.74. The highest BCUT2D eigenvalue weighted by molar-refractivity contribution is 5.87. The Morgan fingerprint density at radius 2 is 2.23 bits per heavy atom. The molecule has 4 atom stereocenters. The van der Waals surface area contributed by atoms with Gasteiger partial charge in [0, 0.05) is 25.9 Å². The normalized spacial score (nSPS) is 27.0. The van der Waals surface area contributed by atoms with Crippen molar-refractivity contribution in [1.29, 1.82) is 0 Å². The molecule has 5 nitrogen and oxygen atoms in total. The largest absolute Gasteiger partial charge is 0.396 e. The lowest BCUT2D eigenvalue weighted by Gasteiger charge is -2.42. The molecule has 2 aromatic rings. The van der Waals surface area contributed by atoms with Crippen LogP contribution in [-0.2, 0) is 0 Å². The van der Waals surface area contributed by atoms with Crippen LogP contribution in [0.4, 0.5) is 5.82 Å². The molecule has 120 valence electrons. The van der Waals surface area contributed by atoms with Gasteiger partial charge < -0.3 is 15.0 Å². The van der Waals surface area contributed by atoms with Gasteiger partial charge in [-0.1, -0.05) is 13.8 Å². The van der Waals surface area contributed by atoms with E-state index in [0.29, 0.717) is 23.8 Å². The van der Waals surface area contributed by atoms with Crippen LogP contribution in [0.3, 0.4) is 0 Å². The summed E-state index contributed by atoms with van der Waals surface area (Å²) in [7, 11) is 2.14. The Kier molecular flexibility index (Phi) is 4.34. The van der Waals surface area contributed by atoms with E-state index in [4.69, 9.17) is 0 Å². The van der Waals surface area contributed by atoms with Gasteiger partial charge in [-0.3, -0.25) is 0 Å². The highest BCUT2D eigenvalue weighted by Crippen LogP contribution is 2.37. The highest BCUT2D eigenvalue weighted by atomic mass is 16.3. The summed E-state index contributed by atoms with van der Waals surface area (Å²) in [6.45, 7) is 4.77. The number of nitrogens with one attached hydrogen (secondary N) is 1. The Bertz CT molecular complexity index is 626. The van der Waals surface area contributed by atoms with Crippen molar-refractivity contribution in [1.82, 2.24) is 15.0 Å². The number of aliphatic hydroxyl groups excluding tert-OH is 1. The van der Waals surface area contributed by atoms with Crippen molar-refractivity contribution in [3.63, 3.8) is 0 Å². The predicted octanol–water partition coefficient (Wildman–Crippen LogP) is 2.83. The van der Waals surface area contributed by atoms with Gasteiger partial charge in [-0.05, 0) is 43.1 Å². The van der Waals surface area contributed by atoms with Gasteiger partial charge in [-0.2, -0.15) is 0 Å². The maximum Gasteiger partial charge on any atom is 0.142 e. The van der Waals surface area contributed by atoms with E-state index in [-0.39, 0.29) is 6.61 Å². The molecule has 1 saturated carbocycles. The molecule has 1 fully saturated rings. The van der Waals surface area contributed by atoms with Crippen molar-refractivity contribution in [2.45, 2.75) is 39.2 Å². The van der Waals surface area contributed by atoms with Gasteiger partial charge in [-0.15, -0.1) is 0 Å². The number of fused-ring (bicyclic) bond motifs is 1. The molecule has 0 saturated heterocycles. The van der Waals surface area contributed by atoms with Crippen molar-refractivity contribution in [3.8, 4) is 0 Å². The number of hydrogen-bond donors (Lipinski definition) is 2. The van der Waals surface area contributed by atoms with Gasteiger partial charge in [0.2, 0.25) is 0 Å². The minimum absolute atomic E-state index is 0.283. The third kappa shape index (κ3) is 2.70. The standard InChI is InChI=1S/C17H26N4O/c1-11-4-5-13(12(2)9-22)8-15(11)21(3)17-14-6-7-18-16(14)19-10-20-17/h6-7,10-13,15,22H,4-5,8-9H2,1-3H3,(H,18,19,20)/t11-,12+,13+,15+/m1/s1. The molecular weight excluding hydrogens is 276 g/mol. The topological polar surface area (TPSA) is 65.0 Å². The third-order valence-corrected chi connectivity index (χ3v) is 5.45. The Hall–Kier alpha value is -1.62. The molecule has 0 unspecified atom stereocenters. The number of aromatic nitrogens is 3. The maximum absolute atomic E-state index is 9.47. The second-order valence-corrected chi connectivity index (χ2v) is 6.83. The lowest BCUT2D eigenvalue weighted by molar-refractivity contribution is 0.134. The molecule has 2 heterocycles. The summed E-state index contributed by atoms with van der Waals surface area (Å²) in [6.07, 6.45) is 7.10. The smallest absolute Gasteiger partial charge is 0.142 e. The second-order valence-electron chi connectivity index (χ2n) is 6.83. The average molecular weight is 302 g/mol. The molecule has 0 spiro atoms. The van der Waals surface area contributed by atoms with Gasteiger partial charge >= 0.3 is 0 Å². The molecule has 2 N–H and O–H groups in total. The first kappa shape index (κ1) is 15.3. The van der Waals surface area contributed by atoms with E-state index in [0.717, 1.165) is 23.3 Å². The Labute approximate surface area is 131 Å². The Morgan fingerprint density at radius 3 is 3.00 bits per heavy atom. The molecule has 22 heavy (non-hydrogen) atoms. The molecule has 0 aliphatic heterocycles. The summed E-state index contributed by atoms with van der Waals surface area (Å²) in [4.78, 5) is 14.3. The van der Waals surface area contributed by atoms with E-state index in [2.05, 4.69) is 40.7 Å². The van der Waals surface area contributed by atoms with Crippen molar-refractivity contribution < 1.29 is 5.11 Å². The van der Waals surface area contributed by atoms with E-state index in [1.54, 1.807) is 6.33 Å². The summed E-state index contributed by atoms with van der Waals surface area (Å²) in [5.74, 6) is 2.61. The third-order valence-electron chi connectivity index (χ3n) is 5.45. The van der Waals surface area contributed by atoms with Gasteiger partial charge in [0.1, 0.15) is 17.8 Å². The van der Waals surface area contributed by atoms with Crippen molar-refractivity contribution in [2.24, 2.45) is 17.8 Å². The molecule has 5 heteroatoms. The van der Waals surface area contributed by atoms with E-state index in [1.807, 2.05) is 12.3 Å². The van der Waals surface area contributed by atoms with Crippen LogP contribution in [0.5, 0.6) is 0 Å². The zero-order valence-electron chi connectivity index (χ0n) is 13.7. The number of hydrogen-bond acceptors (Lipinski definition) is 4. The quantitative estimate of drug-likeness (QED) is 0.911. The molecule has 0 bridgehead atoms. The Morgan fingerprint density at radius 1 is 1.41 bits per heavy atom. The van der Waals surface area contributed by atoms with Crippen LogP contribution in [0.2, 0.25) is 0 Å². The van der Waals surface area contributed by atoms with Crippen molar-refractivity contribution in [2.75, 3.05) is 18.6 Å². The number of rotatable bonds is 4. The molecule has 0 radical (unpaired) electrons. The number of nitrogens with zero attached hydrogens (tertiary/aromatic N) is 3. The second kappa shape index (κ2) is 6.24. The molecule has 0 amide bonds. The highest BCUT2D eigenvalue weighted by Gasteiger charge is 2.33. The summed E-state index contributed by atoms with van der Waals surface area (Å²) >= 11 is 0. The molecule has 0 aromatic carbocycles. The summed E-state index contributed by atoms with van der Waals surface area (Å²) in [5, 5.41) is 10.5. The van der Waals surface area contributed by atoms with E-state index in [9.17, 15) is 5.11 Å². The average Bonchev–Trinajstić information content (AvgIpc) is 3.02. The fraction of sp³-hybridized carbons (Fsp3) is 0.647. The predicted molar refractivity (Wildman–Crippen MR) is 88.8 cm³/mol. The minimum Gasteiger partial charge on any atom is -0.396 e. The first-order valence-electron chi connectivity index (χ1n) is 8.23. The number of aromatic amines is 1. The van der Waals surface area contributed by atoms with Crippen LogP contribution in [0.25, 0.3) is 11.0 Å². The number of anilines is 1. The van der Waals surface area contributed by atoms with Gasteiger partial charge in [0.25, 0.3) is 0 Å². The van der Waals surface area contributed by atoms with Crippen molar-refractivity contribution in [3.05, 3.63) is 18.6 Å². The minimum atomic E-state index is 0.283. The summed E-state index contributed by atoms with van der Waals surface area (Å²) in [5.41, 5.74) is 0.889. The van der Waals surface area contributed by atoms with Crippen molar-refractivity contribution >= 4 is 16.9 Å². The van der Waals surface area contributed by atoms with Gasteiger partial charge in [0.05, 0.1) is 5.39 Å². The van der Waals surface area contributed by atoms with Gasteiger partial charge in [-0.25, -0.2) is 9.97 Å². The molecule has 1 aliphatic carbocycles. The zero-order chi connectivity index (χ0) is 15.7. The van der Waals surface area contributed by atoms with E-state index >= 15 is 0 Å². The van der Waals surface area contributed by atoms with E-state index < -0.39 is 0 Å². The van der Waals surface area contributed by atoms with Crippen LogP contribution in [0.1, 0.15) is 33.1 Å². The fourth-order valence-electron chi connectivity index (χ4n) is 3.83. The SMILES string of the molecule is C[C@@H]1CC[C@H]([C@@H](C)CO)C[C@@H]1N(C)c1ncnc2[nH]ccc12. The Balaban J connectivity index is 1.86. The number of H-pyrrole nitrogens is 1. The van der Waals surface area contributed by atoms with E-state index in [1.165, 1.54) is 12.8 Å². The maximum atomic E-state index is 9.47.